The quantitative estimate of drug-likeness (QED) is 0.230. The highest BCUT2D eigenvalue weighted by Gasteiger charge is 2.12. The molecule has 0 aliphatic heterocycles. The van der Waals surface area contributed by atoms with E-state index in [0.29, 0.717) is 30.7 Å². The van der Waals surface area contributed by atoms with Crippen LogP contribution in [-0.4, -0.2) is 32.8 Å². The van der Waals surface area contributed by atoms with Crippen LogP contribution in [0.25, 0.3) is 16.7 Å². The minimum Gasteiger partial charge on any atom is -0.462 e. The molecule has 0 unspecified atom stereocenters. The molecular formula is C19H19N3O4. The highest BCUT2D eigenvalue weighted by molar-refractivity contribution is 5.86. The number of hydrogen-bond donors (Lipinski definition) is 1. The normalized spacial score (nSPS) is 10.7. The number of hydrogen-bond acceptors (Lipinski definition) is 6. The molecule has 0 spiro atoms. The van der Waals surface area contributed by atoms with E-state index in [1.165, 1.54) is 4.80 Å². The summed E-state index contributed by atoms with van der Waals surface area (Å²) in [6, 6.07) is 12.8. The van der Waals surface area contributed by atoms with Crippen molar-refractivity contribution in [2.45, 2.75) is 19.8 Å². The monoisotopic (exact) mass is 353 g/mol. The van der Waals surface area contributed by atoms with Crippen LogP contribution in [0.4, 0.5) is 0 Å². The number of rotatable bonds is 7. The lowest BCUT2D eigenvalue weighted by Gasteiger charge is -2.09. The zero-order chi connectivity index (χ0) is 18.5. The Morgan fingerprint density at radius 3 is 2.50 bits per heavy atom. The minimum atomic E-state index is -0.387. The highest BCUT2D eigenvalue weighted by atomic mass is 17.1. The Hall–Kier alpha value is -3.19. The van der Waals surface area contributed by atoms with Crippen molar-refractivity contribution in [3.8, 4) is 11.4 Å². The van der Waals surface area contributed by atoms with Crippen molar-refractivity contribution in [2.24, 2.45) is 0 Å². The summed E-state index contributed by atoms with van der Waals surface area (Å²) in [6.07, 6.45) is 1.34. The average Bonchev–Trinajstić information content (AvgIpc) is 3.08. The van der Waals surface area contributed by atoms with Crippen molar-refractivity contribution in [2.75, 3.05) is 6.61 Å². The molecule has 0 aliphatic rings. The molecule has 0 amide bonds. The molecule has 1 heterocycles. The predicted molar refractivity (Wildman–Crippen MR) is 96.2 cm³/mol. The van der Waals surface area contributed by atoms with Gasteiger partial charge in [-0.1, -0.05) is 24.8 Å². The molecule has 2 aromatic carbocycles. The second-order valence-corrected chi connectivity index (χ2v) is 5.89. The Balaban J connectivity index is 1.76. The van der Waals surface area contributed by atoms with Gasteiger partial charge in [0.25, 0.3) is 0 Å². The van der Waals surface area contributed by atoms with E-state index < -0.39 is 0 Å². The number of ether oxygens (including phenoxy) is 1. The van der Waals surface area contributed by atoms with E-state index >= 15 is 0 Å². The second kappa shape index (κ2) is 7.79. The highest BCUT2D eigenvalue weighted by Crippen LogP contribution is 2.24. The molecule has 0 aliphatic carbocycles. The van der Waals surface area contributed by atoms with Crippen molar-refractivity contribution in [3.63, 3.8) is 0 Å². The maximum absolute atomic E-state index is 11.4. The SMILES string of the molecule is C=C(C)C(=O)OCCCc1ccc(OO)c(-n2nc3ccccc3n2)c1. The fourth-order valence-corrected chi connectivity index (χ4v) is 2.48. The lowest BCUT2D eigenvalue weighted by Crippen LogP contribution is -2.07. The van der Waals surface area contributed by atoms with E-state index in [9.17, 15) is 4.79 Å². The van der Waals surface area contributed by atoms with Crippen molar-refractivity contribution in [1.82, 2.24) is 15.0 Å². The van der Waals surface area contributed by atoms with Gasteiger partial charge in [-0.3, -0.25) is 0 Å². The van der Waals surface area contributed by atoms with Gasteiger partial charge in [-0.2, -0.15) is 0 Å². The van der Waals surface area contributed by atoms with E-state index in [4.69, 9.17) is 9.99 Å². The van der Waals surface area contributed by atoms with E-state index in [-0.39, 0.29) is 11.7 Å². The molecule has 0 atom stereocenters. The molecule has 3 aromatic rings. The molecule has 0 radical (unpaired) electrons. The van der Waals surface area contributed by atoms with Gasteiger partial charge < -0.3 is 9.62 Å². The Kier molecular flexibility index (Phi) is 5.28. The fraction of sp³-hybridized carbons (Fsp3) is 0.211. The topological polar surface area (TPSA) is 86.5 Å². The van der Waals surface area contributed by atoms with Crippen LogP contribution in [0.2, 0.25) is 0 Å². The van der Waals surface area contributed by atoms with Crippen LogP contribution in [0.15, 0.2) is 54.6 Å². The third kappa shape index (κ3) is 3.89. The third-order valence-electron chi connectivity index (χ3n) is 3.82. The lowest BCUT2D eigenvalue weighted by atomic mass is 10.1. The number of esters is 1. The van der Waals surface area contributed by atoms with E-state index in [0.717, 1.165) is 16.6 Å². The van der Waals surface area contributed by atoms with Gasteiger partial charge in [0.15, 0.2) is 5.75 Å². The van der Waals surface area contributed by atoms with Crippen LogP contribution in [0.3, 0.4) is 0 Å². The fourth-order valence-electron chi connectivity index (χ4n) is 2.48. The molecule has 0 fully saturated rings. The molecule has 0 saturated heterocycles. The number of fused-ring (bicyclic) bond motifs is 1. The molecule has 0 saturated carbocycles. The minimum absolute atomic E-state index is 0.253. The Labute approximate surface area is 150 Å². The predicted octanol–water partition coefficient (Wildman–Crippen LogP) is 3.32. The zero-order valence-electron chi connectivity index (χ0n) is 14.4. The van der Waals surface area contributed by atoms with Crippen LogP contribution in [0, 0.1) is 0 Å². The van der Waals surface area contributed by atoms with Crippen LogP contribution >= 0.6 is 0 Å². The van der Waals surface area contributed by atoms with Gasteiger partial charge in [-0.15, -0.1) is 15.0 Å². The van der Waals surface area contributed by atoms with Crippen molar-refractivity contribution in [1.29, 1.82) is 0 Å². The molecule has 1 aromatic heterocycles. The molecule has 26 heavy (non-hydrogen) atoms. The van der Waals surface area contributed by atoms with E-state index in [2.05, 4.69) is 21.7 Å². The standard InChI is InChI=1S/C19H19N3O4/c1-13(2)19(23)25-11-5-6-14-9-10-18(26-24)17(12-14)22-20-15-7-3-4-8-16(15)21-22/h3-4,7-10,12,24H,1,5-6,11H2,2H3. The number of carbonyl (C=O) groups is 1. The molecule has 134 valence electrons. The zero-order valence-corrected chi connectivity index (χ0v) is 14.4. The van der Waals surface area contributed by atoms with Gasteiger partial charge >= 0.3 is 5.97 Å². The average molecular weight is 353 g/mol. The van der Waals surface area contributed by atoms with Crippen LogP contribution in [-0.2, 0) is 16.0 Å². The smallest absolute Gasteiger partial charge is 0.333 e. The van der Waals surface area contributed by atoms with Gasteiger partial charge in [-0.25, -0.2) is 10.1 Å². The number of aryl methyl sites for hydroxylation is 1. The van der Waals surface area contributed by atoms with E-state index in [1.54, 1.807) is 13.0 Å². The van der Waals surface area contributed by atoms with Crippen LogP contribution in [0.5, 0.6) is 5.75 Å². The maximum Gasteiger partial charge on any atom is 0.333 e. The molecule has 1 N–H and O–H groups in total. The summed E-state index contributed by atoms with van der Waals surface area (Å²) in [6.45, 7) is 5.47. The van der Waals surface area contributed by atoms with Crippen LogP contribution in [0.1, 0.15) is 18.9 Å². The molecule has 7 heteroatoms. The van der Waals surface area contributed by atoms with E-state index in [1.807, 2.05) is 36.4 Å². The summed E-state index contributed by atoms with van der Waals surface area (Å²) >= 11 is 0. The molecule has 3 rings (SSSR count). The summed E-state index contributed by atoms with van der Waals surface area (Å²) in [5.41, 5.74) is 3.38. The first-order chi connectivity index (χ1) is 12.6. The third-order valence-corrected chi connectivity index (χ3v) is 3.82. The van der Waals surface area contributed by atoms with Crippen LogP contribution < -0.4 is 4.89 Å². The summed E-state index contributed by atoms with van der Waals surface area (Å²) < 4.78 is 5.09. The first kappa shape index (κ1) is 17.6. The van der Waals surface area contributed by atoms with Gasteiger partial charge in [0, 0.05) is 5.57 Å². The van der Waals surface area contributed by atoms with Crippen molar-refractivity contribution >= 4 is 17.0 Å². The maximum atomic E-state index is 11.4. The Morgan fingerprint density at radius 1 is 1.19 bits per heavy atom. The van der Waals surface area contributed by atoms with Crippen molar-refractivity contribution in [3.05, 3.63) is 60.2 Å². The lowest BCUT2D eigenvalue weighted by molar-refractivity contribution is -0.139. The van der Waals surface area contributed by atoms with Gasteiger partial charge in [0.05, 0.1) is 6.61 Å². The summed E-state index contributed by atoms with van der Waals surface area (Å²) in [5, 5.41) is 18.0. The van der Waals surface area contributed by atoms with Gasteiger partial charge in [0.2, 0.25) is 0 Å². The summed E-state index contributed by atoms with van der Waals surface area (Å²) in [4.78, 5) is 17.3. The first-order valence-electron chi connectivity index (χ1n) is 8.18. The molecule has 0 bridgehead atoms. The Morgan fingerprint density at radius 2 is 1.88 bits per heavy atom. The van der Waals surface area contributed by atoms with Gasteiger partial charge in [0.1, 0.15) is 16.7 Å². The first-order valence-corrected chi connectivity index (χ1v) is 8.18. The summed E-state index contributed by atoms with van der Waals surface area (Å²) in [7, 11) is 0. The number of aromatic nitrogens is 3. The largest absolute Gasteiger partial charge is 0.462 e. The summed E-state index contributed by atoms with van der Waals surface area (Å²) in [5.74, 6) is -0.134. The number of benzene rings is 2. The number of nitrogens with zero attached hydrogens (tertiary/aromatic N) is 3. The second-order valence-electron chi connectivity index (χ2n) is 5.89. The molecule has 7 nitrogen and oxygen atoms in total. The molecular weight excluding hydrogens is 334 g/mol. The van der Waals surface area contributed by atoms with Gasteiger partial charge in [-0.05, 0) is 49.6 Å². The van der Waals surface area contributed by atoms with Crippen molar-refractivity contribution < 1.29 is 19.7 Å². The number of carbonyl (C=O) groups excluding carboxylic acids is 1. The Bertz CT molecular complexity index is 916.